The van der Waals surface area contributed by atoms with Crippen molar-refractivity contribution in [2.75, 3.05) is 50.2 Å². The van der Waals surface area contributed by atoms with Crippen LogP contribution in [0.25, 0.3) is 11.1 Å². The van der Waals surface area contributed by atoms with Gasteiger partial charge in [0.1, 0.15) is 12.4 Å². The molecule has 0 unspecified atom stereocenters. The molecule has 3 heterocycles. The normalized spacial score (nSPS) is 17.8. The van der Waals surface area contributed by atoms with Crippen LogP contribution in [0.2, 0.25) is 18.1 Å². The predicted molar refractivity (Wildman–Crippen MR) is 133 cm³/mol. The quantitative estimate of drug-likeness (QED) is 0.365. The van der Waals surface area contributed by atoms with Crippen molar-refractivity contribution in [3.05, 3.63) is 35.9 Å². The second-order valence-corrected chi connectivity index (χ2v) is 15.7. The van der Waals surface area contributed by atoms with E-state index in [1.54, 1.807) is 0 Å². The molecule has 2 fully saturated rings. The minimum atomic E-state index is -1.79. The average molecular weight is 456 g/mol. The van der Waals surface area contributed by atoms with Gasteiger partial charge in [0.15, 0.2) is 8.32 Å². The molecule has 0 radical (unpaired) electrons. The van der Waals surface area contributed by atoms with Crippen molar-refractivity contribution in [1.29, 1.82) is 0 Å². The van der Waals surface area contributed by atoms with Crippen LogP contribution >= 0.6 is 0 Å². The van der Waals surface area contributed by atoms with E-state index in [4.69, 9.17) is 24.6 Å². The van der Waals surface area contributed by atoms with Crippen molar-refractivity contribution >= 4 is 19.8 Å². The van der Waals surface area contributed by atoms with Crippen molar-refractivity contribution in [3.63, 3.8) is 0 Å². The highest BCUT2D eigenvalue weighted by molar-refractivity contribution is 6.74. The number of rotatable bonds is 7. The number of hydrogen-bond donors (Lipinski definition) is 1. The summed E-state index contributed by atoms with van der Waals surface area (Å²) in [6, 6.07) is 10.2. The van der Waals surface area contributed by atoms with Crippen LogP contribution < -0.4 is 15.4 Å². The fourth-order valence-electron chi connectivity index (χ4n) is 3.99. The Morgan fingerprint density at radius 1 is 1.12 bits per heavy atom. The summed E-state index contributed by atoms with van der Waals surface area (Å²) in [5.41, 5.74) is 10.5. The van der Waals surface area contributed by atoms with E-state index < -0.39 is 8.32 Å². The lowest BCUT2D eigenvalue weighted by molar-refractivity contribution is -0.127. The smallest absolute Gasteiger partial charge is 0.215 e. The maximum absolute atomic E-state index is 6.27. The molecule has 0 atom stereocenters. The van der Waals surface area contributed by atoms with Crippen LogP contribution in [0.1, 0.15) is 26.3 Å². The fraction of sp³-hybridized carbons (Fsp3) is 0.560. The maximum atomic E-state index is 6.27. The van der Waals surface area contributed by atoms with Crippen LogP contribution in [-0.2, 0) is 9.16 Å². The van der Waals surface area contributed by atoms with Crippen molar-refractivity contribution in [2.45, 2.75) is 45.8 Å². The number of pyridine rings is 1. The molecule has 2 aliphatic heterocycles. The maximum Gasteiger partial charge on any atom is 0.215 e. The van der Waals surface area contributed by atoms with Crippen LogP contribution in [0, 0.1) is 12.3 Å². The molecule has 2 saturated heterocycles. The van der Waals surface area contributed by atoms with Crippen LogP contribution in [0.15, 0.2) is 30.3 Å². The number of ether oxygens (including phenoxy) is 2. The number of anilines is 2. The van der Waals surface area contributed by atoms with E-state index in [1.165, 1.54) is 5.56 Å². The van der Waals surface area contributed by atoms with Crippen molar-refractivity contribution in [1.82, 2.24) is 4.98 Å². The van der Waals surface area contributed by atoms with Crippen molar-refractivity contribution < 1.29 is 13.9 Å². The average Bonchev–Trinajstić information content (AvgIpc) is 2.64. The SMILES string of the molecule is Cc1ccc(N)cc1-c1cc(OCCO[Si](C)(C)C(C)(C)C)nc(N2CC3(COC3)C2)c1. The Balaban J connectivity index is 1.52. The van der Waals surface area contributed by atoms with Gasteiger partial charge in [-0.25, -0.2) is 0 Å². The van der Waals surface area contributed by atoms with E-state index >= 15 is 0 Å². The van der Waals surface area contributed by atoms with Gasteiger partial charge in [-0.1, -0.05) is 26.8 Å². The summed E-state index contributed by atoms with van der Waals surface area (Å²) in [6.07, 6.45) is 0. The number of nitrogens with two attached hydrogens (primary N) is 1. The summed E-state index contributed by atoms with van der Waals surface area (Å²) in [7, 11) is -1.79. The number of aryl methyl sites for hydroxylation is 1. The standard InChI is InChI=1S/C25H37N3O3Si/c1-18-7-8-20(26)13-21(18)19-11-22(28-14-25(15-28)16-29-17-25)27-23(12-19)30-9-10-31-32(5,6)24(2,3)4/h7-8,11-13H,9-10,14-17,26H2,1-6H3. The zero-order chi connectivity index (χ0) is 23.1. The van der Waals surface area contributed by atoms with Gasteiger partial charge in [0, 0.05) is 24.8 Å². The molecule has 0 bridgehead atoms. The van der Waals surface area contributed by atoms with E-state index in [0.717, 1.165) is 48.9 Å². The summed E-state index contributed by atoms with van der Waals surface area (Å²) in [6.45, 7) is 18.1. The zero-order valence-electron chi connectivity index (χ0n) is 20.3. The Hall–Kier alpha value is -2.09. The van der Waals surface area contributed by atoms with Gasteiger partial charge < -0.3 is 24.5 Å². The first-order valence-corrected chi connectivity index (χ1v) is 14.4. The molecule has 1 spiro atoms. The summed E-state index contributed by atoms with van der Waals surface area (Å²) in [5.74, 6) is 1.58. The van der Waals surface area contributed by atoms with Crippen LogP contribution in [0.4, 0.5) is 11.5 Å². The highest BCUT2D eigenvalue weighted by Gasteiger charge is 2.49. The van der Waals surface area contributed by atoms with Gasteiger partial charge in [-0.2, -0.15) is 4.98 Å². The Labute approximate surface area is 193 Å². The molecular weight excluding hydrogens is 418 g/mol. The van der Waals surface area contributed by atoms with E-state index in [0.29, 0.717) is 24.5 Å². The Morgan fingerprint density at radius 2 is 1.84 bits per heavy atom. The number of benzene rings is 1. The molecule has 2 aromatic rings. The topological polar surface area (TPSA) is 69.8 Å². The highest BCUT2D eigenvalue weighted by atomic mass is 28.4. The van der Waals surface area contributed by atoms with E-state index in [9.17, 15) is 0 Å². The van der Waals surface area contributed by atoms with Gasteiger partial charge in [-0.15, -0.1) is 0 Å². The molecule has 0 amide bonds. The number of hydrogen-bond acceptors (Lipinski definition) is 6. The lowest BCUT2D eigenvalue weighted by Crippen LogP contribution is -2.66. The fourth-order valence-corrected chi connectivity index (χ4v) is 5.02. The van der Waals surface area contributed by atoms with Crippen molar-refractivity contribution in [3.8, 4) is 17.0 Å². The first-order valence-electron chi connectivity index (χ1n) is 11.5. The monoisotopic (exact) mass is 455 g/mol. The first kappa shape index (κ1) is 23.1. The van der Waals surface area contributed by atoms with Gasteiger partial charge in [0.05, 0.1) is 25.2 Å². The van der Waals surface area contributed by atoms with Gasteiger partial charge in [-0.05, 0) is 59.9 Å². The van der Waals surface area contributed by atoms with Gasteiger partial charge in [0.2, 0.25) is 5.88 Å². The molecule has 174 valence electrons. The molecule has 0 saturated carbocycles. The molecule has 1 aromatic heterocycles. The Bertz CT molecular complexity index is 975. The van der Waals surface area contributed by atoms with Gasteiger partial charge in [-0.3, -0.25) is 0 Å². The zero-order valence-corrected chi connectivity index (χ0v) is 21.3. The predicted octanol–water partition coefficient (Wildman–Crippen LogP) is 4.88. The molecule has 2 aliphatic rings. The molecule has 4 rings (SSSR count). The van der Waals surface area contributed by atoms with Gasteiger partial charge >= 0.3 is 0 Å². The molecule has 6 nitrogen and oxygen atoms in total. The first-order chi connectivity index (χ1) is 15.0. The molecule has 2 N–H and O–H groups in total. The number of aromatic nitrogens is 1. The minimum Gasteiger partial charge on any atom is -0.475 e. The third kappa shape index (κ3) is 4.65. The van der Waals surface area contributed by atoms with Crippen LogP contribution in [0.3, 0.4) is 0 Å². The van der Waals surface area contributed by atoms with Crippen molar-refractivity contribution in [2.24, 2.45) is 5.41 Å². The van der Waals surface area contributed by atoms with E-state index in [2.05, 4.69) is 57.8 Å². The minimum absolute atomic E-state index is 0.182. The van der Waals surface area contributed by atoms with E-state index in [1.807, 2.05) is 18.2 Å². The molecular formula is C25H37N3O3Si. The van der Waals surface area contributed by atoms with Gasteiger partial charge in [0.25, 0.3) is 0 Å². The third-order valence-corrected chi connectivity index (χ3v) is 11.7. The lowest BCUT2D eigenvalue weighted by Gasteiger charge is -2.55. The third-order valence-electron chi connectivity index (χ3n) is 7.16. The summed E-state index contributed by atoms with van der Waals surface area (Å²) < 4.78 is 17.8. The van der Waals surface area contributed by atoms with Crippen LogP contribution in [0.5, 0.6) is 5.88 Å². The lowest BCUT2D eigenvalue weighted by atomic mass is 9.78. The molecule has 0 aliphatic carbocycles. The second-order valence-electron chi connectivity index (χ2n) is 10.9. The summed E-state index contributed by atoms with van der Waals surface area (Å²) in [5, 5.41) is 0.182. The largest absolute Gasteiger partial charge is 0.475 e. The highest BCUT2D eigenvalue weighted by Crippen LogP contribution is 2.41. The second kappa shape index (κ2) is 8.36. The summed E-state index contributed by atoms with van der Waals surface area (Å²) >= 11 is 0. The Kier molecular flexibility index (Phi) is 6.03. The molecule has 1 aromatic carbocycles. The number of nitrogen functional groups attached to an aromatic ring is 1. The Morgan fingerprint density at radius 3 is 2.47 bits per heavy atom. The summed E-state index contributed by atoms with van der Waals surface area (Å²) in [4.78, 5) is 7.14. The number of nitrogens with zero attached hydrogens (tertiary/aromatic N) is 2. The van der Waals surface area contributed by atoms with Crippen LogP contribution in [-0.4, -0.2) is 52.8 Å². The molecule has 32 heavy (non-hydrogen) atoms. The molecule has 7 heteroatoms. The van der Waals surface area contributed by atoms with E-state index in [-0.39, 0.29) is 5.04 Å².